The highest BCUT2D eigenvalue weighted by Crippen LogP contribution is 2.33. The minimum Gasteiger partial charge on any atom is -0.376 e. The number of aromatic nitrogens is 1. The van der Waals surface area contributed by atoms with E-state index in [1.54, 1.807) is 0 Å². The highest BCUT2D eigenvalue weighted by molar-refractivity contribution is 5.81. The Balaban J connectivity index is 1.73. The molecule has 3 heterocycles. The van der Waals surface area contributed by atoms with Crippen LogP contribution in [0.5, 0.6) is 0 Å². The van der Waals surface area contributed by atoms with E-state index in [1.165, 1.54) is 0 Å². The molecule has 1 aromatic rings. The minimum absolute atomic E-state index is 0.00347. The summed E-state index contributed by atoms with van der Waals surface area (Å²) in [6.45, 7) is 4.01. The summed E-state index contributed by atoms with van der Waals surface area (Å²) in [5.74, 6) is 0.760. The van der Waals surface area contributed by atoms with Crippen LogP contribution >= 0.6 is 0 Å². The van der Waals surface area contributed by atoms with Crippen LogP contribution in [-0.4, -0.2) is 48.4 Å². The highest BCUT2D eigenvalue weighted by Gasteiger charge is 2.37. The number of aryl methyl sites for hydroxylation is 1. The first-order chi connectivity index (χ1) is 9.25. The average molecular weight is 266 g/mol. The molecule has 2 fully saturated rings. The molecule has 0 aliphatic carbocycles. The lowest BCUT2D eigenvalue weighted by Gasteiger charge is -2.29. The smallest absolute Gasteiger partial charge is 0.254 e. The van der Waals surface area contributed by atoms with Gasteiger partial charge in [0.1, 0.15) is 0 Å². The maximum absolute atomic E-state index is 12.4. The SMILES string of the molecule is Cc1cc(C2CCCN2C(=O)C2COCCO2)on1. The number of hydrogen-bond acceptors (Lipinski definition) is 5. The summed E-state index contributed by atoms with van der Waals surface area (Å²) in [6, 6.07) is 1.88. The summed E-state index contributed by atoms with van der Waals surface area (Å²) in [7, 11) is 0. The van der Waals surface area contributed by atoms with Crippen molar-refractivity contribution in [2.75, 3.05) is 26.4 Å². The molecule has 0 spiro atoms. The lowest BCUT2D eigenvalue weighted by Crippen LogP contribution is -2.44. The zero-order chi connectivity index (χ0) is 13.2. The Kier molecular flexibility index (Phi) is 3.52. The third-order valence-electron chi connectivity index (χ3n) is 3.60. The summed E-state index contributed by atoms with van der Waals surface area (Å²) < 4.78 is 16.1. The van der Waals surface area contributed by atoms with Crippen LogP contribution in [0.1, 0.15) is 30.3 Å². The van der Waals surface area contributed by atoms with Crippen molar-refractivity contribution in [3.8, 4) is 0 Å². The van der Waals surface area contributed by atoms with Gasteiger partial charge in [-0.1, -0.05) is 5.16 Å². The first kappa shape index (κ1) is 12.6. The van der Waals surface area contributed by atoms with Gasteiger partial charge >= 0.3 is 0 Å². The normalized spacial score (nSPS) is 27.7. The van der Waals surface area contributed by atoms with E-state index in [2.05, 4.69) is 5.16 Å². The van der Waals surface area contributed by atoms with Crippen molar-refractivity contribution in [1.82, 2.24) is 10.1 Å². The Bertz CT molecular complexity index is 453. The first-order valence-corrected chi connectivity index (χ1v) is 6.69. The molecule has 0 radical (unpaired) electrons. The number of nitrogens with zero attached hydrogens (tertiary/aromatic N) is 2. The fourth-order valence-electron chi connectivity index (χ4n) is 2.68. The molecule has 2 saturated heterocycles. The Hall–Kier alpha value is -1.40. The Labute approximate surface area is 111 Å². The van der Waals surface area contributed by atoms with Crippen LogP contribution in [0.25, 0.3) is 0 Å². The fourth-order valence-corrected chi connectivity index (χ4v) is 2.68. The van der Waals surface area contributed by atoms with E-state index in [9.17, 15) is 4.79 Å². The molecule has 2 atom stereocenters. The van der Waals surface area contributed by atoms with Crippen molar-refractivity contribution in [2.45, 2.75) is 31.9 Å². The van der Waals surface area contributed by atoms with Crippen LogP contribution in [0.15, 0.2) is 10.6 Å². The van der Waals surface area contributed by atoms with E-state index >= 15 is 0 Å². The maximum atomic E-state index is 12.4. The predicted molar refractivity (Wildman–Crippen MR) is 65.5 cm³/mol. The van der Waals surface area contributed by atoms with Crippen LogP contribution in [0, 0.1) is 6.92 Å². The molecule has 6 nitrogen and oxygen atoms in total. The molecular formula is C13H18N2O4. The van der Waals surface area contributed by atoms with E-state index < -0.39 is 6.10 Å². The third kappa shape index (κ3) is 2.50. The monoisotopic (exact) mass is 266 g/mol. The van der Waals surface area contributed by atoms with Crippen molar-refractivity contribution in [3.63, 3.8) is 0 Å². The van der Waals surface area contributed by atoms with Crippen molar-refractivity contribution >= 4 is 5.91 Å². The summed E-state index contributed by atoms with van der Waals surface area (Å²) in [4.78, 5) is 14.3. The number of likely N-dealkylation sites (tertiary alicyclic amines) is 1. The van der Waals surface area contributed by atoms with Gasteiger partial charge in [-0.15, -0.1) is 0 Å². The van der Waals surface area contributed by atoms with E-state index in [0.717, 1.165) is 30.8 Å². The largest absolute Gasteiger partial charge is 0.376 e. The van der Waals surface area contributed by atoms with Gasteiger partial charge in [0.05, 0.1) is 31.6 Å². The van der Waals surface area contributed by atoms with Crippen LogP contribution in [0.4, 0.5) is 0 Å². The summed E-state index contributed by atoms with van der Waals surface area (Å²) in [6.07, 6.45) is 1.41. The van der Waals surface area contributed by atoms with Gasteiger partial charge in [0, 0.05) is 12.6 Å². The molecule has 104 valence electrons. The topological polar surface area (TPSA) is 64.8 Å². The van der Waals surface area contributed by atoms with Crippen molar-refractivity contribution < 1.29 is 18.8 Å². The van der Waals surface area contributed by atoms with Crippen molar-refractivity contribution in [1.29, 1.82) is 0 Å². The van der Waals surface area contributed by atoms with Gasteiger partial charge in [-0.3, -0.25) is 4.79 Å². The van der Waals surface area contributed by atoms with E-state index in [0.29, 0.717) is 19.8 Å². The molecule has 1 amide bonds. The first-order valence-electron chi connectivity index (χ1n) is 6.69. The van der Waals surface area contributed by atoms with Gasteiger partial charge in [0.2, 0.25) is 0 Å². The lowest BCUT2D eigenvalue weighted by atomic mass is 10.1. The predicted octanol–water partition coefficient (Wildman–Crippen LogP) is 1.06. The van der Waals surface area contributed by atoms with Crippen LogP contribution in [0.3, 0.4) is 0 Å². The number of ether oxygens (including phenoxy) is 2. The molecule has 19 heavy (non-hydrogen) atoms. The number of carbonyl (C=O) groups excluding carboxylic acids is 1. The quantitative estimate of drug-likeness (QED) is 0.801. The maximum Gasteiger partial charge on any atom is 0.254 e. The fraction of sp³-hybridized carbons (Fsp3) is 0.692. The van der Waals surface area contributed by atoms with Crippen LogP contribution in [0.2, 0.25) is 0 Å². The number of rotatable bonds is 2. The molecule has 0 N–H and O–H groups in total. The number of amides is 1. The Morgan fingerprint density at radius 2 is 2.37 bits per heavy atom. The molecular weight excluding hydrogens is 248 g/mol. The van der Waals surface area contributed by atoms with Crippen molar-refractivity contribution in [3.05, 3.63) is 17.5 Å². The van der Waals surface area contributed by atoms with Crippen molar-refractivity contribution in [2.24, 2.45) is 0 Å². The number of hydrogen-bond donors (Lipinski definition) is 0. The Morgan fingerprint density at radius 1 is 1.47 bits per heavy atom. The average Bonchev–Trinajstić information content (AvgIpc) is 3.07. The van der Waals surface area contributed by atoms with Gasteiger partial charge in [0.25, 0.3) is 5.91 Å². The number of carbonyl (C=O) groups is 1. The second kappa shape index (κ2) is 5.30. The van der Waals surface area contributed by atoms with Crippen LogP contribution < -0.4 is 0 Å². The molecule has 0 aromatic carbocycles. The molecule has 1 aromatic heterocycles. The highest BCUT2D eigenvalue weighted by atomic mass is 16.6. The summed E-state index contributed by atoms with van der Waals surface area (Å²) in [5.41, 5.74) is 0.839. The second-order valence-electron chi connectivity index (χ2n) is 4.99. The van der Waals surface area contributed by atoms with Gasteiger partial charge in [-0.05, 0) is 19.8 Å². The summed E-state index contributed by atoms with van der Waals surface area (Å²) in [5, 5.41) is 3.90. The zero-order valence-corrected chi connectivity index (χ0v) is 11.0. The van der Waals surface area contributed by atoms with E-state index in [1.807, 2.05) is 17.9 Å². The summed E-state index contributed by atoms with van der Waals surface area (Å²) >= 11 is 0. The standard InChI is InChI=1S/C13H18N2O4/c1-9-7-11(19-14-9)10-3-2-4-15(10)13(16)12-8-17-5-6-18-12/h7,10,12H,2-6,8H2,1H3. The molecule has 2 aliphatic heterocycles. The minimum atomic E-state index is -0.474. The zero-order valence-electron chi connectivity index (χ0n) is 11.0. The van der Waals surface area contributed by atoms with E-state index in [-0.39, 0.29) is 11.9 Å². The second-order valence-corrected chi connectivity index (χ2v) is 4.99. The molecule has 2 unspecified atom stereocenters. The van der Waals surface area contributed by atoms with Gasteiger partial charge in [-0.25, -0.2) is 0 Å². The molecule has 2 aliphatic rings. The van der Waals surface area contributed by atoms with E-state index in [4.69, 9.17) is 14.0 Å². The Morgan fingerprint density at radius 3 is 3.05 bits per heavy atom. The van der Waals surface area contributed by atoms with Gasteiger partial charge in [-0.2, -0.15) is 0 Å². The third-order valence-corrected chi connectivity index (χ3v) is 3.60. The lowest BCUT2D eigenvalue weighted by molar-refractivity contribution is -0.159. The molecule has 0 bridgehead atoms. The molecule has 6 heteroatoms. The molecule has 0 saturated carbocycles. The van der Waals surface area contributed by atoms with Crippen LogP contribution in [-0.2, 0) is 14.3 Å². The molecule has 3 rings (SSSR count). The van der Waals surface area contributed by atoms with Gasteiger partial charge < -0.3 is 18.9 Å². The van der Waals surface area contributed by atoms with Gasteiger partial charge in [0.15, 0.2) is 11.9 Å².